The number of hydrogen-bond donors (Lipinski definition) is 4. The van der Waals surface area contributed by atoms with Crippen LogP contribution < -0.4 is 11.3 Å². The smallest absolute Gasteiger partial charge is 0.285 e. The number of nitrogens with one attached hydrogen (secondary N) is 1. The third-order valence-corrected chi connectivity index (χ3v) is 4.04. The average molecular weight is 295 g/mol. The predicted octanol–water partition coefficient (Wildman–Crippen LogP) is -2.28. The highest BCUT2D eigenvalue weighted by molar-refractivity contribution is 5.69. The van der Waals surface area contributed by atoms with Crippen LogP contribution in [0, 0.1) is 0 Å². The SMILES string of the molecule is Nc1nc2[nH]cnc2c(=O)n1[C@@H]1O[C@@]2(CO)CO[C@@H]1[C@H]2O. The van der Waals surface area contributed by atoms with E-state index >= 15 is 0 Å². The number of imidazole rings is 1. The summed E-state index contributed by atoms with van der Waals surface area (Å²) in [5, 5.41) is 19.6. The topological polar surface area (TPSA) is 149 Å². The molecule has 4 rings (SSSR count). The molecule has 2 bridgehead atoms. The summed E-state index contributed by atoms with van der Waals surface area (Å²) >= 11 is 0. The first-order chi connectivity index (χ1) is 10.1. The van der Waals surface area contributed by atoms with Crippen molar-refractivity contribution < 1.29 is 19.7 Å². The minimum atomic E-state index is -1.23. The Balaban J connectivity index is 1.87. The van der Waals surface area contributed by atoms with Crippen LogP contribution in [-0.2, 0) is 9.47 Å². The van der Waals surface area contributed by atoms with E-state index in [1.54, 1.807) is 0 Å². The first-order valence-electron chi connectivity index (χ1n) is 6.37. The first-order valence-corrected chi connectivity index (χ1v) is 6.37. The van der Waals surface area contributed by atoms with Crippen molar-refractivity contribution in [3.63, 3.8) is 0 Å². The highest BCUT2D eigenvalue weighted by atomic mass is 16.7. The molecule has 4 atom stereocenters. The number of nitrogen functional groups attached to an aromatic ring is 1. The molecule has 0 amide bonds. The molecule has 2 aliphatic rings. The van der Waals surface area contributed by atoms with Crippen LogP contribution >= 0.6 is 0 Å². The molecule has 4 heterocycles. The van der Waals surface area contributed by atoms with E-state index in [0.29, 0.717) is 0 Å². The van der Waals surface area contributed by atoms with Gasteiger partial charge in [-0.1, -0.05) is 0 Å². The van der Waals surface area contributed by atoms with Crippen molar-refractivity contribution in [2.24, 2.45) is 0 Å². The number of aromatic nitrogens is 4. The first kappa shape index (κ1) is 12.7. The average Bonchev–Trinajstić information content (AvgIpc) is 3.12. The van der Waals surface area contributed by atoms with Crippen molar-refractivity contribution in [1.29, 1.82) is 0 Å². The number of aliphatic hydroxyl groups is 2. The standard InChI is InChI=1S/C11H13N5O5/c12-10-15-7-4(13-3-14-7)8(19)16(10)9-5-6(18)11(1-17,21-9)2-20-5/h3,5-6,9,17-18H,1-2H2,(H2,12,15)(H,13,14)/t5-,6-,9-,11+/m1/s1. The van der Waals surface area contributed by atoms with Gasteiger partial charge in [0.05, 0.1) is 19.5 Å². The molecule has 2 aromatic heterocycles. The summed E-state index contributed by atoms with van der Waals surface area (Å²) < 4.78 is 12.2. The van der Waals surface area contributed by atoms with Gasteiger partial charge in [-0.2, -0.15) is 4.98 Å². The number of nitrogens with two attached hydrogens (primary N) is 1. The molecule has 0 aromatic carbocycles. The van der Waals surface area contributed by atoms with Gasteiger partial charge in [-0.25, -0.2) is 9.55 Å². The van der Waals surface area contributed by atoms with Gasteiger partial charge in [0.25, 0.3) is 5.56 Å². The summed E-state index contributed by atoms with van der Waals surface area (Å²) in [6.45, 7) is -0.369. The number of aromatic amines is 1. The monoisotopic (exact) mass is 295 g/mol. The molecule has 2 fully saturated rings. The highest BCUT2D eigenvalue weighted by Crippen LogP contribution is 2.44. The zero-order valence-corrected chi connectivity index (χ0v) is 10.8. The van der Waals surface area contributed by atoms with Gasteiger partial charge in [0, 0.05) is 0 Å². The molecular formula is C11H13N5O5. The summed E-state index contributed by atoms with van der Waals surface area (Å²) in [5.41, 5.74) is 4.47. The number of ether oxygens (including phenoxy) is 2. The lowest BCUT2D eigenvalue weighted by atomic mass is 10.0. The van der Waals surface area contributed by atoms with E-state index in [-0.39, 0.29) is 23.7 Å². The number of H-pyrrole nitrogens is 1. The van der Waals surface area contributed by atoms with Gasteiger partial charge >= 0.3 is 0 Å². The second-order valence-electron chi connectivity index (χ2n) is 5.20. The van der Waals surface area contributed by atoms with E-state index in [2.05, 4.69) is 15.0 Å². The summed E-state index contributed by atoms with van der Waals surface area (Å²) in [7, 11) is 0. The van der Waals surface area contributed by atoms with Crippen LogP contribution in [0.5, 0.6) is 0 Å². The maximum atomic E-state index is 12.5. The van der Waals surface area contributed by atoms with E-state index in [0.717, 1.165) is 4.57 Å². The molecule has 112 valence electrons. The normalized spacial score (nSPS) is 34.9. The quantitative estimate of drug-likeness (QED) is 0.484. The van der Waals surface area contributed by atoms with E-state index in [1.807, 2.05) is 0 Å². The van der Waals surface area contributed by atoms with Crippen molar-refractivity contribution >= 4 is 17.1 Å². The number of nitrogens with zero attached hydrogens (tertiary/aromatic N) is 3. The van der Waals surface area contributed by atoms with Gasteiger partial charge < -0.3 is 30.4 Å². The molecule has 5 N–H and O–H groups in total. The maximum absolute atomic E-state index is 12.5. The Hall–Kier alpha value is -2.01. The molecule has 21 heavy (non-hydrogen) atoms. The molecule has 10 heteroatoms. The van der Waals surface area contributed by atoms with Crippen molar-refractivity contribution in [2.45, 2.75) is 24.0 Å². The molecule has 2 aliphatic heterocycles. The Kier molecular flexibility index (Phi) is 2.43. The second-order valence-corrected chi connectivity index (χ2v) is 5.20. The van der Waals surface area contributed by atoms with Gasteiger partial charge in [0.15, 0.2) is 17.4 Å². The number of fused-ring (bicyclic) bond motifs is 3. The Morgan fingerprint density at radius 3 is 3.14 bits per heavy atom. The van der Waals surface area contributed by atoms with Crippen molar-refractivity contribution in [3.05, 3.63) is 16.7 Å². The van der Waals surface area contributed by atoms with E-state index in [1.165, 1.54) is 6.33 Å². The predicted molar refractivity (Wildman–Crippen MR) is 68.2 cm³/mol. The zero-order valence-electron chi connectivity index (χ0n) is 10.8. The maximum Gasteiger partial charge on any atom is 0.285 e. The number of rotatable bonds is 2. The molecule has 0 saturated carbocycles. The highest BCUT2D eigenvalue weighted by Gasteiger charge is 2.62. The molecule has 2 saturated heterocycles. The van der Waals surface area contributed by atoms with E-state index in [9.17, 15) is 15.0 Å². The van der Waals surface area contributed by atoms with Gasteiger partial charge in [0.1, 0.15) is 17.8 Å². The number of anilines is 1. The van der Waals surface area contributed by atoms with Crippen LogP contribution in [0.25, 0.3) is 11.2 Å². The Labute approximate surface area is 117 Å². The molecular weight excluding hydrogens is 282 g/mol. The van der Waals surface area contributed by atoms with Crippen molar-refractivity contribution in [2.75, 3.05) is 18.9 Å². The fourth-order valence-electron chi connectivity index (χ4n) is 2.90. The fourth-order valence-corrected chi connectivity index (χ4v) is 2.90. The summed E-state index contributed by atoms with van der Waals surface area (Å²) in [6, 6.07) is 0. The Bertz CT molecular complexity index is 772. The lowest BCUT2D eigenvalue weighted by Crippen LogP contribution is -2.44. The summed E-state index contributed by atoms with van der Waals surface area (Å²) in [4.78, 5) is 23.1. The zero-order chi connectivity index (χ0) is 14.8. The molecule has 0 spiro atoms. The van der Waals surface area contributed by atoms with Crippen LogP contribution in [0.1, 0.15) is 6.23 Å². The number of hydrogen-bond acceptors (Lipinski definition) is 8. The van der Waals surface area contributed by atoms with Crippen LogP contribution in [0.4, 0.5) is 5.95 Å². The lowest BCUT2D eigenvalue weighted by Gasteiger charge is -2.29. The lowest BCUT2D eigenvalue weighted by molar-refractivity contribution is -0.186. The largest absolute Gasteiger partial charge is 0.393 e. The summed E-state index contributed by atoms with van der Waals surface area (Å²) in [6.07, 6.45) is -1.46. The third-order valence-electron chi connectivity index (χ3n) is 4.04. The Morgan fingerprint density at radius 2 is 2.43 bits per heavy atom. The molecule has 2 aromatic rings. The molecule has 0 aliphatic carbocycles. The van der Waals surface area contributed by atoms with Crippen LogP contribution in [0.2, 0.25) is 0 Å². The van der Waals surface area contributed by atoms with Gasteiger partial charge in [-0.05, 0) is 0 Å². The van der Waals surface area contributed by atoms with Gasteiger partial charge in [-0.3, -0.25) is 4.79 Å². The summed E-state index contributed by atoms with van der Waals surface area (Å²) in [5.74, 6) is -0.0850. The fraction of sp³-hybridized carbons (Fsp3) is 0.545. The van der Waals surface area contributed by atoms with E-state index in [4.69, 9.17) is 15.2 Å². The molecule has 10 nitrogen and oxygen atoms in total. The van der Waals surface area contributed by atoms with Gasteiger partial charge in [-0.15, -0.1) is 0 Å². The van der Waals surface area contributed by atoms with Crippen molar-refractivity contribution in [3.8, 4) is 0 Å². The van der Waals surface area contributed by atoms with Crippen molar-refractivity contribution in [1.82, 2.24) is 19.5 Å². The third kappa shape index (κ3) is 1.47. The second kappa shape index (κ2) is 4.01. The van der Waals surface area contributed by atoms with E-state index < -0.39 is 36.2 Å². The Morgan fingerprint density at radius 1 is 1.62 bits per heavy atom. The minimum Gasteiger partial charge on any atom is -0.393 e. The molecule has 0 radical (unpaired) electrons. The van der Waals surface area contributed by atoms with Crippen LogP contribution in [-0.4, -0.2) is 60.8 Å². The van der Waals surface area contributed by atoms with Crippen LogP contribution in [0.15, 0.2) is 11.1 Å². The number of aliphatic hydroxyl groups excluding tert-OH is 2. The minimum absolute atomic E-state index is 0.0541. The molecule has 0 unspecified atom stereocenters. The van der Waals surface area contributed by atoms with Crippen LogP contribution in [0.3, 0.4) is 0 Å². The van der Waals surface area contributed by atoms with Gasteiger partial charge in [0.2, 0.25) is 5.95 Å².